The van der Waals surface area contributed by atoms with E-state index in [2.05, 4.69) is 5.32 Å². The molecule has 31 heavy (non-hydrogen) atoms. The van der Waals surface area contributed by atoms with Crippen LogP contribution in [-0.4, -0.2) is 44.9 Å². The van der Waals surface area contributed by atoms with Crippen molar-refractivity contribution in [3.05, 3.63) is 48.0 Å². The second-order valence-electron chi connectivity index (χ2n) is 7.32. The first kappa shape index (κ1) is 23.1. The van der Waals surface area contributed by atoms with E-state index < -0.39 is 10.0 Å². The molecule has 1 saturated heterocycles. The highest BCUT2D eigenvalue weighted by Gasteiger charge is 2.25. The van der Waals surface area contributed by atoms with Crippen molar-refractivity contribution in [1.82, 2.24) is 4.31 Å². The first-order valence-corrected chi connectivity index (χ1v) is 12.2. The number of ether oxygens (including phenoxy) is 2. The summed E-state index contributed by atoms with van der Waals surface area (Å²) in [5, 5.41) is 2.80. The summed E-state index contributed by atoms with van der Waals surface area (Å²) in [4.78, 5) is 12.9. The molecule has 1 amide bonds. The van der Waals surface area contributed by atoms with Crippen LogP contribution in [0.4, 0.5) is 5.69 Å². The number of anilines is 1. The van der Waals surface area contributed by atoms with Gasteiger partial charge in [0, 0.05) is 24.3 Å². The van der Waals surface area contributed by atoms with Gasteiger partial charge in [-0.2, -0.15) is 4.31 Å². The fourth-order valence-corrected chi connectivity index (χ4v) is 5.05. The third kappa shape index (κ3) is 5.77. The Morgan fingerprint density at radius 2 is 1.52 bits per heavy atom. The van der Waals surface area contributed by atoms with Crippen LogP contribution in [0.2, 0.25) is 0 Å². The largest absolute Gasteiger partial charge is 0.490 e. The zero-order valence-electron chi connectivity index (χ0n) is 18.1. The van der Waals surface area contributed by atoms with Gasteiger partial charge in [0.2, 0.25) is 10.0 Å². The predicted molar refractivity (Wildman–Crippen MR) is 120 cm³/mol. The molecule has 8 heteroatoms. The second-order valence-corrected chi connectivity index (χ2v) is 9.26. The highest BCUT2D eigenvalue weighted by atomic mass is 32.2. The third-order valence-electron chi connectivity index (χ3n) is 5.12. The van der Waals surface area contributed by atoms with Gasteiger partial charge >= 0.3 is 0 Å². The molecule has 0 unspecified atom stereocenters. The number of nitrogens with zero attached hydrogens (tertiary/aromatic N) is 1. The van der Waals surface area contributed by atoms with Crippen molar-refractivity contribution in [2.75, 3.05) is 31.6 Å². The van der Waals surface area contributed by atoms with Gasteiger partial charge in [-0.15, -0.1) is 0 Å². The van der Waals surface area contributed by atoms with Crippen LogP contribution < -0.4 is 14.8 Å². The summed E-state index contributed by atoms with van der Waals surface area (Å²) < 4.78 is 38.4. The van der Waals surface area contributed by atoms with E-state index in [9.17, 15) is 13.2 Å². The lowest BCUT2D eigenvalue weighted by Crippen LogP contribution is -2.31. The smallest absolute Gasteiger partial charge is 0.255 e. The van der Waals surface area contributed by atoms with Crippen molar-refractivity contribution >= 4 is 21.6 Å². The lowest BCUT2D eigenvalue weighted by Gasteiger charge is -2.20. The molecule has 1 fully saturated rings. The highest BCUT2D eigenvalue weighted by molar-refractivity contribution is 7.89. The maximum atomic E-state index is 12.9. The normalized spacial score (nSPS) is 15.2. The highest BCUT2D eigenvalue weighted by Crippen LogP contribution is 2.29. The number of amides is 1. The zero-order valence-corrected chi connectivity index (χ0v) is 18.9. The summed E-state index contributed by atoms with van der Waals surface area (Å²) >= 11 is 0. The van der Waals surface area contributed by atoms with E-state index in [4.69, 9.17) is 9.47 Å². The van der Waals surface area contributed by atoms with Gasteiger partial charge in [-0.3, -0.25) is 4.79 Å². The maximum absolute atomic E-state index is 12.9. The second kappa shape index (κ2) is 10.6. The number of hydrogen-bond acceptors (Lipinski definition) is 5. The molecule has 0 radical (unpaired) electrons. The van der Waals surface area contributed by atoms with E-state index in [-0.39, 0.29) is 10.8 Å². The van der Waals surface area contributed by atoms with Crippen LogP contribution in [0.1, 0.15) is 49.9 Å². The average Bonchev–Trinajstić information content (AvgIpc) is 3.06. The van der Waals surface area contributed by atoms with Crippen LogP contribution in [0.3, 0.4) is 0 Å². The molecular formula is C23H30N2O5S. The van der Waals surface area contributed by atoms with Gasteiger partial charge in [-0.25, -0.2) is 8.42 Å². The molecule has 0 bridgehead atoms. The molecule has 0 saturated carbocycles. The summed E-state index contributed by atoms with van der Waals surface area (Å²) in [6.07, 6.45) is 3.90. The molecule has 0 aromatic heterocycles. The van der Waals surface area contributed by atoms with E-state index in [0.29, 0.717) is 49.1 Å². The Bertz CT molecular complexity index is 982. The summed E-state index contributed by atoms with van der Waals surface area (Å²) in [6.45, 7) is 5.81. The molecule has 0 spiro atoms. The van der Waals surface area contributed by atoms with E-state index in [1.54, 1.807) is 46.8 Å². The van der Waals surface area contributed by atoms with Crippen molar-refractivity contribution in [1.29, 1.82) is 0 Å². The summed E-state index contributed by atoms with van der Waals surface area (Å²) in [6, 6.07) is 11.3. The number of benzene rings is 2. The first-order valence-electron chi connectivity index (χ1n) is 10.8. The van der Waals surface area contributed by atoms with E-state index in [1.165, 1.54) is 0 Å². The average molecular weight is 447 g/mol. The van der Waals surface area contributed by atoms with Crippen molar-refractivity contribution in [2.24, 2.45) is 0 Å². The minimum Gasteiger partial charge on any atom is -0.490 e. The van der Waals surface area contributed by atoms with Crippen LogP contribution in [0.15, 0.2) is 47.4 Å². The number of nitrogens with one attached hydrogen (secondary N) is 1. The van der Waals surface area contributed by atoms with E-state index >= 15 is 0 Å². The van der Waals surface area contributed by atoms with Gasteiger partial charge in [-0.1, -0.05) is 12.8 Å². The molecule has 1 aliphatic heterocycles. The monoisotopic (exact) mass is 446 g/mol. The van der Waals surface area contributed by atoms with Crippen LogP contribution in [0.5, 0.6) is 11.5 Å². The Kier molecular flexibility index (Phi) is 7.92. The fraction of sp³-hybridized carbons (Fsp3) is 0.435. The maximum Gasteiger partial charge on any atom is 0.255 e. The standard InChI is InChI=1S/C23H30N2O5S/c1-3-29-21-14-9-18(17-22(21)30-4-2)23(26)24-19-10-12-20(13-11-19)31(27,28)25-15-7-5-6-8-16-25/h9-14,17H,3-8,15-16H2,1-2H3,(H,24,26). The fourth-order valence-electron chi connectivity index (χ4n) is 3.54. The molecule has 1 aliphatic rings. The summed E-state index contributed by atoms with van der Waals surface area (Å²) in [7, 11) is -3.51. The number of carbonyl (C=O) groups excluding carboxylic acids is 1. The van der Waals surface area contributed by atoms with Gasteiger partial charge < -0.3 is 14.8 Å². The predicted octanol–water partition coefficient (Wildman–Crippen LogP) is 4.30. The van der Waals surface area contributed by atoms with Crippen LogP contribution in [-0.2, 0) is 10.0 Å². The van der Waals surface area contributed by atoms with E-state index in [0.717, 1.165) is 25.7 Å². The zero-order chi connectivity index (χ0) is 22.3. The topological polar surface area (TPSA) is 84.9 Å². The van der Waals surface area contributed by atoms with Crippen LogP contribution in [0.25, 0.3) is 0 Å². The molecule has 168 valence electrons. The number of sulfonamides is 1. The number of carbonyl (C=O) groups is 1. The summed E-state index contributed by atoms with van der Waals surface area (Å²) in [5.41, 5.74) is 0.944. The minimum absolute atomic E-state index is 0.243. The molecule has 1 N–H and O–H groups in total. The van der Waals surface area contributed by atoms with E-state index in [1.807, 2.05) is 13.8 Å². The van der Waals surface area contributed by atoms with Crippen molar-refractivity contribution in [3.8, 4) is 11.5 Å². The van der Waals surface area contributed by atoms with Gasteiger partial charge in [-0.05, 0) is 69.2 Å². The van der Waals surface area contributed by atoms with Gasteiger partial charge in [0.05, 0.1) is 18.1 Å². The van der Waals surface area contributed by atoms with Crippen LogP contribution >= 0.6 is 0 Å². The molecule has 0 atom stereocenters. The lowest BCUT2D eigenvalue weighted by molar-refractivity contribution is 0.102. The Balaban J connectivity index is 1.72. The molecule has 2 aromatic rings. The first-order chi connectivity index (χ1) is 15.0. The number of hydrogen-bond donors (Lipinski definition) is 1. The third-order valence-corrected chi connectivity index (χ3v) is 7.03. The van der Waals surface area contributed by atoms with Crippen LogP contribution in [0, 0.1) is 0 Å². The van der Waals surface area contributed by atoms with Crippen molar-refractivity contribution in [3.63, 3.8) is 0 Å². The molecule has 3 rings (SSSR count). The Hall–Kier alpha value is -2.58. The van der Waals surface area contributed by atoms with Crippen molar-refractivity contribution < 1.29 is 22.7 Å². The van der Waals surface area contributed by atoms with Gasteiger partial charge in [0.15, 0.2) is 11.5 Å². The molecule has 7 nitrogen and oxygen atoms in total. The molecular weight excluding hydrogens is 416 g/mol. The lowest BCUT2D eigenvalue weighted by atomic mass is 10.2. The molecule has 2 aromatic carbocycles. The quantitative estimate of drug-likeness (QED) is 0.653. The SMILES string of the molecule is CCOc1ccc(C(=O)Nc2ccc(S(=O)(=O)N3CCCCCC3)cc2)cc1OCC. The summed E-state index contributed by atoms with van der Waals surface area (Å²) in [5.74, 6) is 0.784. The Morgan fingerprint density at radius 3 is 2.13 bits per heavy atom. The number of rotatable bonds is 8. The van der Waals surface area contributed by atoms with Gasteiger partial charge in [0.1, 0.15) is 0 Å². The van der Waals surface area contributed by atoms with Gasteiger partial charge in [0.25, 0.3) is 5.91 Å². The Morgan fingerprint density at radius 1 is 0.903 bits per heavy atom. The molecule has 0 aliphatic carbocycles. The Labute approximate surface area is 184 Å². The minimum atomic E-state index is -3.51. The van der Waals surface area contributed by atoms with Crippen molar-refractivity contribution in [2.45, 2.75) is 44.4 Å². The molecule has 1 heterocycles.